The molecule has 1 aromatic heterocycles. The Morgan fingerprint density at radius 1 is 1.12 bits per heavy atom. The van der Waals surface area contributed by atoms with Crippen molar-refractivity contribution in [3.63, 3.8) is 0 Å². The minimum atomic E-state index is -3.54. The van der Waals surface area contributed by atoms with Crippen LogP contribution in [0.5, 0.6) is 5.75 Å². The van der Waals surface area contributed by atoms with Crippen LogP contribution in [-0.4, -0.2) is 32.6 Å². The number of ether oxygens (including phenoxy) is 1. The van der Waals surface area contributed by atoms with Crippen LogP contribution in [0.2, 0.25) is 5.02 Å². The van der Waals surface area contributed by atoms with Crippen molar-refractivity contribution in [1.82, 2.24) is 4.98 Å². The highest BCUT2D eigenvalue weighted by Crippen LogP contribution is 2.32. The molecule has 0 radical (unpaired) electrons. The number of rotatable bonds is 7. The Labute approximate surface area is 201 Å². The van der Waals surface area contributed by atoms with Gasteiger partial charge >= 0.3 is 0 Å². The Kier molecular flexibility index (Phi) is 6.38. The van der Waals surface area contributed by atoms with Gasteiger partial charge in [-0.15, -0.1) is 0 Å². The summed E-state index contributed by atoms with van der Waals surface area (Å²) in [5, 5.41) is 4.36. The van der Waals surface area contributed by atoms with Gasteiger partial charge in [0, 0.05) is 45.7 Å². The van der Waals surface area contributed by atoms with E-state index in [0.29, 0.717) is 44.1 Å². The van der Waals surface area contributed by atoms with E-state index in [1.165, 1.54) is 31.4 Å². The fraction of sp³-hybridized carbons (Fsp3) is 0.160. The number of H-pyrrole nitrogens is 1. The van der Waals surface area contributed by atoms with Gasteiger partial charge in [0.1, 0.15) is 17.6 Å². The van der Waals surface area contributed by atoms with Crippen molar-refractivity contribution >= 4 is 43.8 Å². The van der Waals surface area contributed by atoms with Gasteiger partial charge in [-0.05, 0) is 54.4 Å². The number of methoxy groups -OCH3 is 1. The van der Waals surface area contributed by atoms with E-state index < -0.39 is 21.7 Å². The highest BCUT2D eigenvalue weighted by atomic mass is 35.5. The third-order valence-electron chi connectivity index (χ3n) is 5.57. The van der Waals surface area contributed by atoms with Crippen molar-refractivity contribution in [1.29, 1.82) is 0 Å². The fourth-order valence-corrected chi connectivity index (χ4v) is 4.70. The van der Waals surface area contributed by atoms with E-state index in [0.717, 1.165) is 6.26 Å². The molecule has 3 aromatic carbocycles. The molecule has 0 saturated carbocycles. The van der Waals surface area contributed by atoms with Crippen molar-refractivity contribution in [2.24, 2.45) is 0 Å². The highest BCUT2D eigenvalue weighted by Gasteiger charge is 2.27. The summed E-state index contributed by atoms with van der Waals surface area (Å²) in [5.74, 6) is -0.392. The molecule has 0 fully saturated rings. The number of sulfone groups is 1. The lowest BCUT2D eigenvalue weighted by Crippen LogP contribution is -2.22. The number of benzene rings is 3. The second-order valence-electron chi connectivity index (χ2n) is 8.00. The van der Waals surface area contributed by atoms with Gasteiger partial charge in [-0.3, -0.25) is 4.79 Å². The fourth-order valence-electron chi connectivity index (χ4n) is 3.86. The molecular formula is C25H22ClFN2O4S. The number of fused-ring (bicyclic) bond motifs is 1. The Balaban J connectivity index is 1.85. The summed E-state index contributed by atoms with van der Waals surface area (Å²) < 4.78 is 43.5. The lowest BCUT2D eigenvalue weighted by molar-refractivity contribution is 0.0971. The molecule has 4 rings (SSSR count). The third-order valence-corrected chi connectivity index (χ3v) is 6.90. The summed E-state index contributed by atoms with van der Waals surface area (Å²) >= 11 is 6.08. The predicted octanol–water partition coefficient (Wildman–Crippen LogP) is 5.72. The van der Waals surface area contributed by atoms with Crippen molar-refractivity contribution < 1.29 is 22.3 Å². The first kappa shape index (κ1) is 23.8. The van der Waals surface area contributed by atoms with Crippen molar-refractivity contribution in [2.45, 2.75) is 17.9 Å². The predicted molar refractivity (Wildman–Crippen MR) is 131 cm³/mol. The zero-order valence-electron chi connectivity index (χ0n) is 18.6. The van der Waals surface area contributed by atoms with E-state index in [2.05, 4.69) is 10.3 Å². The maximum Gasteiger partial charge on any atom is 0.191 e. The number of halogens is 2. The Morgan fingerprint density at radius 2 is 1.88 bits per heavy atom. The van der Waals surface area contributed by atoms with E-state index in [4.69, 9.17) is 16.3 Å². The van der Waals surface area contributed by atoms with Crippen LogP contribution in [0.25, 0.3) is 10.9 Å². The maximum absolute atomic E-state index is 13.8. The lowest BCUT2D eigenvalue weighted by Gasteiger charge is -2.22. The highest BCUT2D eigenvalue weighted by molar-refractivity contribution is 7.90. The molecule has 2 N–H and O–H groups in total. The topological polar surface area (TPSA) is 88.3 Å². The summed E-state index contributed by atoms with van der Waals surface area (Å²) in [6.07, 6.45) is 2.69. The monoisotopic (exact) mass is 500 g/mol. The zero-order chi connectivity index (χ0) is 24.6. The summed E-state index contributed by atoms with van der Waals surface area (Å²) in [4.78, 5) is 16.9. The van der Waals surface area contributed by atoms with Crippen LogP contribution in [0.4, 0.5) is 10.1 Å². The number of Topliss-reactive ketones (excluding diaryl/α,β-unsaturated/α-hetero) is 1. The van der Waals surface area contributed by atoms with E-state index in [9.17, 15) is 17.6 Å². The van der Waals surface area contributed by atoms with Crippen molar-refractivity contribution in [3.8, 4) is 5.75 Å². The molecule has 1 atom stereocenters. The Hall–Kier alpha value is -3.36. The zero-order valence-corrected chi connectivity index (χ0v) is 20.2. The number of nitrogens with one attached hydrogen (secondary N) is 2. The summed E-state index contributed by atoms with van der Waals surface area (Å²) in [5.41, 5.74) is 2.61. The number of ketones is 1. The molecule has 176 valence electrons. The van der Waals surface area contributed by atoms with E-state index in [1.54, 1.807) is 43.5 Å². The number of hydrogen-bond acceptors (Lipinski definition) is 5. The number of anilines is 1. The van der Waals surface area contributed by atoms with E-state index in [-0.39, 0.29) is 10.7 Å². The van der Waals surface area contributed by atoms with Crippen LogP contribution >= 0.6 is 11.6 Å². The largest absolute Gasteiger partial charge is 0.497 e. The van der Waals surface area contributed by atoms with Crippen LogP contribution in [0.1, 0.15) is 27.5 Å². The van der Waals surface area contributed by atoms with Crippen LogP contribution in [0.3, 0.4) is 0 Å². The number of aromatic nitrogens is 1. The first-order valence-corrected chi connectivity index (χ1v) is 12.6. The van der Waals surface area contributed by atoms with Crippen LogP contribution < -0.4 is 10.1 Å². The number of carbonyl (C=O) groups excluding carboxylic acids is 1. The Bertz CT molecular complexity index is 1510. The van der Waals surface area contributed by atoms with Gasteiger partial charge in [0.2, 0.25) is 0 Å². The molecule has 1 heterocycles. The summed E-state index contributed by atoms with van der Waals surface area (Å²) in [6.45, 7) is 1.71. The molecule has 1 unspecified atom stereocenters. The molecule has 0 aliphatic heterocycles. The van der Waals surface area contributed by atoms with Gasteiger partial charge in [0.15, 0.2) is 15.6 Å². The molecule has 0 aliphatic rings. The standard InChI is InChI=1S/C25H22ClFN2O4S/c1-14-8-16(27)5-7-20(14)24(25(30)22-13-28-23-9-15(26)4-6-21(22)23)29-17-10-18(33-2)12-19(11-17)34(3,31)32/h4-13,24,28-29H,1-3H3. The SMILES string of the molecule is COc1cc(NC(C(=O)c2c[nH]c3cc(Cl)ccc23)c2ccc(F)cc2C)cc(S(C)(=O)=O)c1. The molecule has 0 aliphatic carbocycles. The molecule has 6 nitrogen and oxygen atoms in total. The normalized spacial score (nSPS) is 12.5. The first-order valence-electron chi connectivity index (χ1n) is 10.3. The van der Waals surface area contributed by atoms with Crippen LogP contribution in [0.15, 0.2) is 65.7 Å². The summed E-state index contributed by atoms with van der Waals surface area (Å²) in [7, 11) is -2.11. The molecule has 4 aromatic rings. The molecule has 9 heteroatoms. The third kappa shape index (κ3) is 4.78. The van der Waals surface area contributed by atoms with Crippen LogP contribution in [-0.2, 0) is 9.84 Å². The average Bonchev–Trinajstić information content (AvgIpc) is 3.19. The van der Waals surface area contributed by atoms with Crippen molar-refractivity contribution in [3.05, 3.63) is 88.3 Å². The van der Waals surface area contributed by atoms with Crippen molar-refractivity contribution in [2.75, 3.05) is 18.7 Å². The Morgan fingerprint density at radius 3 is 2.56 bits per heavy atom. The lowest BCUT2D eigenvalue weighted by atomic mass is 9.93. The second-order valence-corrected chi connectivity index (χ2v) is 10.5. The van der Waals surface area contributed by atoms with Gasteiger partial charge in [-0.25, -0.2) is 12.8 Å². The minimum absolute atomic E-state index is 0.0399. The first-order chi connectivity index (χ1) is 16.1. The number of aryl methyl sites for hydroxylation is 1. The summed E-state index contributed by atoms with van der Waals surface area (Å²) in [6, 6.07) is 12.9. The number of aromatic amines is 1. The van der Waals surface area contributed by atoms with E-state index >= 15 is 0 Å². The maximum atomic E-state index is 13.8. The average molecular weight is 501 g/mol. The molecule has 0 amide bonds. The quantitative estimate of drug-likeness (QED) is 0.317. The molecule has 34 heavy (non-hydrogen) atoms. The van der Waals surface area contributed by atoms with Gasteiger partial charge in [0.25, 0.3) is 0 Å². The minimum Gasteiger partial charge on any atom is -0.497 e. The van der Waals surface area contributed by atoms with Gasteiger partial charge in [-0.1, -0.05) is 23.7 Å². The molecule has 0 bridgehead atoms. The van der Waals surface area contributed by atoms with Gasteiger partial charge < -0.3 is 15.0 Å². The second kappa shape index (κ2) is 9.12. The molecule has 0 saturated heterocycles. The smallest absolute Gasteiger partial charge is 0.191 e. The molecular weight excluding hydrogens is 479 g/mol. The van der Waals surface area contributed by atoms with Gasteiger partial charge in [-0.2, -0.15) is 0 Å². The number of carbonyl (C=O) groups is 1. The number of hydrogen-bond donors (Lipinski definition) is 2. The van der Waals surface area contributed by atoms with E-state index in [1.807, 2.05) is 0 Å². The van der Waals surface area contributed by atoms with Gasteiger partial charge in [0.05, 0.1) is 12.0 Å². The molecule has 0 spiro atoms. The van der Waals surface area contributed by atoms with Crippen LogP contribution in [0, 0.1) is 12.7 Å².